The Morgan fingerprint density at radius 3 is 2.23 bits per heavy atom. The number of amides is 1. The van der Waals surface area contributed by atoms with Crippen LogP contribution in [0.2, 0.25) is 0 Å². The van der Waals surface area contributed by atoms with Gasteiger partial charge in [-0.3, -0.25) is 4.79 Å². The molecule has 0 saturated heterocycles. The normalized spacial score (nSPS) is 11.9. The van der Waals surface area contributed by atoms with E-state index in [2.05, 4.69) is 5.32 Å². The van der Waals surface area contributed by atoms with Crippen molar-refractivity contribution in [2.45, 2.75) is 40.7 Å². The Morgan fingerprint density at radius 1 is 0.955 bits per heavy atom. The first-order valence-electron chi connectivity index (χ1n) is 7.49. The number of carbonyl (C=O) groups is 1. The number of ether oxygens (including phenoxy) is 1. The Balaban J connectivity index is 2.09. The minimum absolute atomic E-state index is 0.144. The van der Waals surface area contributed by atoms with Gasteiger partial charge in [0.05, 0.1) is 0 Å². The molecular formula is C19H23NO2. The third-order valence-electron chi connectivity index (χ3n) is 3.67. The Labute approximate surface area is 132 Å². The van der Waals surface area contributed by atoms with Crippen molar-refractivity contribution in [2.24, 2.45) is 0 Å². The first-order valence-corrected chi connectivity index (χ1v) is 7.49. The molecule has 0 saturated carbocycles. The molecule has 0 fully saturated rings. The number of benzene rings is 2. The molecule has 0 spiro atoms. The molecule has 2 aromatic carbocycles. The molecule has 2 aromatic rings. The van der Waals surface area contributed by atoms with Crippen LogP contribution >= 0.6 is 0 Å². The van der Waals surface area contributed by atoms with Gasteiger partial charge >= 0.3 is 0 Å². The maximum atomic E-state index is 12.3. The van der Waals surface area contributed by atoms with E-state index in [1.807, 2.05) is 64.1 Å². The zero-order valence-corrected chi connectivity index (χ0v) is 13.9. The van der Waals surface area contributed by atoms with Crippen LogP contribution in [-0.4, -0.2) is 12.0 Å². The maximum Gasteiger partial charge on any atom is 0.265 e. The molecule has 0 aromatic heterocycles. The summed E-state index contributed by atoms with van der Waals surface area (Å²) in [5.41, 5.74) is 5.13. The Bertz CT molecular complexity index is 692. The molecule has 3 nitrogen and oxygen atoms in total. The number of anilines is 1. The van der Waals surface area contributed by atoms with Crippen molar-refractivity contribution in [1.29, 1.82) is 0 Å². The largest absolute Gasteiger partial charge is 0.481 e. The van der Waals surface area contributed by atoms with Gasteiger partial charge in [0.1, 0.15) is 5.75 Å². The van der Waals surface area contributed by atoms with Crippen molar-refractivity contribution in [3.8, 4) is 5.75 Å². The molecule has 0 heterocycles. The van der Waals surface area contributed by atoms with Crippen LogP contribution in [0.5, 0.6) is 5.75 Å². The van der Waals surface area contributed by atoms with Gasteiger partial charge in [-0.1, -0.05) is 24.3 Å². The molecule has 1 N–H and O–H groups in total. The second kappa shape index (κ2) is 6.65. The lowest BCUT2D eigenvalue weighted by atomic mass is 10.1. The van der Waals surface area contributed by atoms with E-state index in [1.165, 1.54) is 0 Å². The number of aryl methyl sites for hydroxylation is 4. The summed E-state index contributed by atoms with van der Waals surface area (Å²) in [6.45, 7) is 9.73. The second-order valence-electron chi connectivity index (χ2n) is 5.84. The van der Waals surface area contributed by atoms with E-state index in [4.69, 9.17) is 4.74 Å². The van der Waals surface area contributed by atoms with E-state index in [1.54, 1.807) is 6.92 Å². The summed E-state index contributed by atoms with van der Waals surface area (Å²) in [5, 5.41) is 2.94. The maximum absolute atomic E-state index is 12.3. The van der Waals surface area contributed by atoms with Gasteiger partial charge in [-0.25, -0.2) is 0 Å². The predicted octanol–water partition coefficient (Wildman–Crippen LogP) is 4.33. The van der Waals surface area contributed by atoms with Crippen LogP contribution in [-0.2, 0) is 4.79 Å². The number of hydrogen-bond acceptors (Lipinski definition) is 2. The molecule has 22 heavy (non-hydrogen) atoms. The summed E-state index contributed by atoms with van der Waals surface area (Å²) in [6.07, 6.45) is -0.555. The van der Waals surface area contributed by atoms with Crippen LogP contribution < -0.4 is 10.1 Å². The quantitative estimate of drug-likeness (QED) is 0.912. The number of rotatable bonds is 4. The van der Waals surface area contributed by atoms with E-state index < -0.39 is 6.10 Å². The first kappa shape index (κ1) is 16.1. The molecule has 0 aliphatic carbocycles. The van der Waals surface area contributed by atoms with Crippen molar-refractivity contribution in [2.75, 3.05) is 5.32 Å². The van der Waals surface area contributed by atoms with E-state index >= 15 is 0 Å². The standard InChI is InChI=1S/C19H23NO2/c1-12-6-8-14(3)17(10-12)20-19(21)16(5)22-18-11-13(2)7-9-15(18)4/h6-11,16H,1-5H3,(H,20,21)/t16-/m0/s1. The molecule has 1 amide bonds. The van der Waals surface area contributed by atoms with Crippen molar-refractivity contribution in [3.05, 3.63) is 58.7 Å². The summed E-state index contributed by atoms with van der Waals surface area (Å²) in [5.74, 6) is 0.609. The summed E-state index contributed by atoms with van der Waals surface area (Å²) in [6, 6.07) is 12.0. The lowest BCUT2D eigenvalue weighted by Gasteiger charge is -2.17. The van der Waals surface area contributed by atoms with Crippen LogP contribution in [0.3, 0.4) is 0 Å². The third kappa shape index (κ3) is 3.88. The lowest BCUT2D eigenvalue weighted by Crippen LogP contribution is -2.30. The molecule has 0 bridgehead atoms. The van der Waals surface area contributed by atoms with Crippen LogP contribution in [0, 0.1) is 27.7 Å². The van der Waals surface area contributed by atoms with E-state index in [0.29, 0.717) is 0 Å². The highest BCUT2D eigenvalue weighted by Gasteiger charge is 2.16. The monoisotopic (exact) mass is 297 g/mol. The van der Waals surface area contributed by atoms with Crippen molar-refractivity contribution in [3.63, 3.8) is 0 Å². The molecular weight excluding hydrogens is 274 g/mol. The molecule has 0 aliphatic rings. The number of nitrogens with one attached hydrogen (secondary N) is 1. The molecule has 116 valence electrons. The highest BCUT2D eigenvalue weighted by Crippen LogP contribution is 2.21. The van der Waals surface area contributed by atoms with Gasteiger partial charge in [-0.15, -0.1) is 0 Å². The van der Waals surface area contributed by atoms with Crippen molar-refractivity contribution in [1.82, 2.24) is 0 Å². The van der Waals surface area contributed by atoms with Gasteiger partial charge in [0.15, 0.2) is 6.10 Å². The Hall–Kier alpha value is -2.29. The van der Waals surface area contributed by atoms with Gasteiger partial charge in [0.25, 0.3) is 5.91 Å². The summed E-state index contributed by atoms with van der Waals surface area (Å²) in [7, 11) is 0. The average Bonchev–Trinajstić information content (AvgIpc) is 2.46. The zero-order chi connectivity index (χ0) is 16.3. The van der Waals surface area contributed by atoms with Crippen LogP contribution in [0.25, 0.3) is 0 Å². The topological polar surface area (TPSA) is 38.3 Å². The molecule has 0 unspecified atom stereocenters. The molecule has 3 heteroatoms. The second-order valence-corrected chi connectivity index (χ2v) is 5.84. The summed E-state index contributed by atoms with van der Waals surface area (Å²) in [4.78, 5) is 12.3. The fraction of sp³-hybridized carbons (Fsp3) is 0.316. The fourth-order valence-corrected chi connectivity index (χ4v) is 2.18. The van der Waals surface area contributed by atoms with Gasteiger partial charge < -0.3 is 10.1 Å². The lowest BCUT2D eigenvalue weighted by molar-refractivity contribution is -0.122. The average molecular weight is 297 g/mol. The van der Waals surface area contributed by atoms with Crippen molar-refractivity contribution >= 4 is 11.6 Å². The zero-order valence-electron chi connectivity index (χ0n) is 13.9. The highest BCUT2D eigenvalue weighted by molar-refractivity contribution is 5.94. The minimum atomic E-state index is -0.555. The van der Waals surface area contributed by atoms with E-state index in [0.717, 1.165) is 33.7 Å². The summed E-state index contributed by atoms with van der Waals surface area (Å²) < 4.78 is 5.82. The number of hydrogen-bond donors (Lipinski definition) is 1. The number of carbonyl (C=O) groups excluding carboxylic acids is 1. The highest BCUT2D eigenvalue weighted by atomic mass is 16.5. The van der Waals surface area contributed by atoms with E-state index in [9.17, 15) is 4.79 Å². The minimum Gasteiger partial charge on any atom is -0.481 e. The summed E-state index contributed by atoms with van der Waals surface area (Å²) >= 11 is 0. The molecule has 0 radical (unpaired) electrons. The van der Waals surface area contributed by atoms with Gasteiger partial charge in [0, 0.05) is 5.69 Å². The first-order chi connectivity index (χ1) is 10.4. The van der Waals surface area contributed by atoms with Gasteiger partial charge in [-0.05, 0) is 69.0 Å². The third-order valence-corrected chi connectivity index (χ3v) is 3.67. The SMILES string of the molecule is Cc1ccc(C)c(NC(=O)[C@H](C)Oc2cc(C)ccc2C)c1. The Morgan fingerprint density at radius 2 is 1.55 bits per heavy atom. The smallest absolute Gasteiger partial charge is 0.265 e. The van der Waals surface area contributed by atoms with E-state index in [-0.39, 0.29) is 5.91 Å². The molecule has 2 rings (SSSR count). The van der Waals surface area contributed by atoms with Gasteiger partial charge in [0.2, 0.25) is 0 Å². The molecule has 0 aliphatic heterocycles. The predicted molar refractivity (Wildman–Crippen MR) is 90.6 cm³/mol. The van der Waals surface area contributed by atoms with Crippen LogP contribution in [0.15, 0.2) is 36.4 Å². The Kier molecular flexibility index (Phi) is 4.86. The van der Waals surface area contributed by atoms with Crippen LogP contribution in [0.1, 0.15) is 29.2 Å². The van der Waals surface area contributed by atoms with Crippen LogP contribution in [0.4, 0.5) is 5.69 Å². The van der Waals surface area contributed by atoms with Crippen molar-refractivity contribution < 1.29 is 9.53 Å². The fourth-order valence-electron chi connectivity index (χ4n) is 2.18. The molecule has 1 atom stereocenters. The van der Waals surface area contributed by atoms with Gasteiger partial charge in [-0.2, -0.15) is 0 Å².